The molecule has 3 aromatic heterocycles. The van der Waals surface area contributed by atoms with Gasteiger partial charge in [0.1, 0.15) is 0 Å². The number of carboxylic acid groups (broad SMARTS) is 1. The monoisotopic (exact) mass is 256 g/mol. The summed E-state index contributed by atoms with van der Waals surface area (Å²) in [5.41, 5.74) is 3.20. The molecule has 6 nitrogen and oxygen atoms in total. The van der Waals surface area contributed by atoms with E-state index >= 15 is 0 Å². The van der Waals surface area contributed by atoms with Crippen molar-refractivity contribution < 1.29 is 9.90 Å². The molecular formula is C13H12N4O2. The second kappa shape index (κ2) is 3.94. The Bertz CT molecular complexity index is 785. The van der Waals surface area contributed by atoms with Crippen molar-refractivity contribution in [2.45, 2.75) is 6.92 Å². The van der Waals surface area contributed by atoms with Gasteiger partial charge in [-0.15, -0.1) is 0 Å². The number of nitrogens with zero attached hydrogens (tertiary/aromatic N) is 3. The Hall–Kier alpha value is -2.63. The fourth-order valence-electron chi connectivity index (χ4n) is 2.10. The summed E-state index contributed by atoms with van der Waals surface area (Å²) < 4.78 is 1.96. The average molecular weight is 256 g/mol. The Kier molecular flexibility index (Phi) is 2.38. The SMILES string of the molecule is Cc1cc(-c2nc3nc(C(=O)O)ccc3[nH]2)n(C)c1. The number of aryl methyl sites for hydroxylation is 2. The second-order valence-corrected chi connectivity index (χ2v) is 4.47. The molecule has 0 aliphatic rings. The first-order valence-electron chi connectivity index (χ1n) is 5.78. The molecule has 0 aliphatic heterocycles. The van der Waals surface area contributed by atoms with Crippen molar-refractivity contribution in [3.05, 3.63) is 35.7 Å². The Morgan fingerprint density at radius 3 is 2.79 bits per heavy atom. The van der Waals surface area contributed by atoms with Gasteiger partial charge in [0.15, 0.2) is 17.2 Å². The van der Waals surface area contributed by atoms with Crippen LogP contribution in [0.4, 0.5) is 0 Å². The van der Waals surface area contributed by atoms with Gasteiger partial charge in [-0.3, -0.25) is 0 Å². The molecule has 0 bridgehead atoms. The molecule has 0 fully saturated rings. The van der Waals surface area contributed by atoms with Gasteiger partial charge in [0, 0.05) is 13.2 Å². The van der Waals surface area contributed by atoms with E-state index in [0.717, 1.165) is 16.8 Å². The first kappa shape index (κ1) is 11.5. The molecule has 0 radical (unpaired) electrons. The predicted octanol–water partition coefficient (Wildman–Crippen LogP) is 1.97. The summed E-state index contributed by atoms with van der Waals surface area (Å²) in [4.78, 5) is 22.4. The van der Waals surface area contributed by atoms with Gasteiger partial charge in [0.05, 0.1) is 11.2 Å². The van der Waals surface area contributed by atoms with Gasteiger partial charge < -0.3 is 14.7 Å². The molecule has 0 aliphatic carbocycles. The summed E-state index contributed by atoms with van der Waals surface area (Å²) in [6.07, 6.45) is 2.00. The molecule has 96 valence electrons. The molecule has 6 heteroatoms. The molecular weight excluding hydrogens is 244 g/mol. The lowest BCUT2D eigenvalue weighted by Gasteiger charge is -1.96. The zero-order valence-electron chi connectivity index (χ0n) is 10.5. The highest BCUT2D eigenvalue weighted by Crippen LogP contribution is 2.21. The van der Waals surface area contributed by atoms with E-state index in [4.69, 9.17) is 5.11 Å². The van der Waals surface area contributed by atoms with Crippen LogP contribution in [-0.2, 0) is 7.05 Å². The second-order valence-electron chi connectivity index (χ2n) is 4.47. The van der Waals surface area contributed by atoms with Gasteiger partial charge >= 0.3 is 5.97 Å². The number of rotatable bonds is 2. The van der Waals surface area contributed by atoms with Crippen molar-refractivity contribution >= 4 is 17.1 Å². The normalized spacial score (nSPS) is 11.1. The van der Waals surface area contributed by atoms with E-state index in [2.05, 4.69) is 15.0 Å². The Balaban J connectivity index is 2.16. The fourth-order valence-corrected chi connectivity index (χ4v) is 2.10. The largest absolute Gasteiger partial charge is 0.477 e. The van der Waals surface area contributed by atoms with Gasteiger partial charge in [0.2, 0.25) is 0 Å². The number of carboxylic acids is 1. The van der Waals surface area contributed by atoms with Crippen LogP contribution in [0, 0.1) is 6.92 Å². The van der Waals surface area contributed by atoms with Gasteiger partial charge in [-0.25, -0.2) is 14.8 Å². The number of H-pyrrole nitrogens is 1. The van der Waals surface area contributed by atoms with Gasteiger partial charge in [-0.2, -0.15) is 0 Å². The first-order chi connectivity index (χ1) is 9.04. The lowest BCUT2D eigenvalue weighted by Crippen LogP contribution is -1.99. The van der Waals surface area contributed by atoms with Crippen molar-refractivity contribution in [2.24, 2.45) is 7.05 Å². The molecule has 0 aromatic carbocycles. The molecule has 0 amide bonds. The smallest absolute Gasteiger partial charge is 0.354 e. The standard InChI is InChI=1S/C13H12N4O2/c1-7-5-10(17(2)6-7)12-14-8-3-4-9(13(18)19)15-11(8)16-12/h3-6H,1-2H3,(H,18,19)(H,14,15,16). The number of aromatic amines is 1. The Morgan fingerprint density at radius 2 is 2.16 bits per heavy atom. The zero-order valence-corrected chi connectivity index (χ0v) is 10.5. The van der Waals surface area contributed by atoms with Crippen molar-refractivity contribution in [1.29, 1.82) is 0 Å². The maximum Gasteiger partial charge on any atom is 0.354 e. The Morgan fingerprint density at radius 1 is 1.37 bits per heavy atom. The van der Waals surface area contributed by atoms with Crippen LogP contribution in [0.3, 0.4) is 0 Å². The quantitative estimate of drug-likeness (QED) is 0.734. The molecule has 0 unspecified atom stereocenters. The van der Waals surface area contributed by atoms with Crippen LogP contribution in [0.1, 0.15) is 16.1 Å². The summed E-state index contributed by atoms with van der Waals surface area (Å²) in [7, 11) is 1.94. The fraction of sp³-hybridized carbons (Fsp3) is 0.154. The van der Waals surface area contributed by atoms with E-state index in [-0.39, 0.29) is 5.69 Å². The van der Waals surface area contributed by atoms with E-state index in [0.29, 0.717) is 11.5 Å². The lowest BCUT2D eigenvalue weighted by molar-refractivity contribution is 0.0691. The Labute approximate surface area is 108 Å². The third-order valence-corrected chi connectivity index (χ3v) is 2.95. The molecule has 0 saturated carbocycles. The number of hydrogen-bond acceptors (Lipinski definition) is 3. The van der Waals surface area contributed by atoms with Gasteiger partial charge in [0.25, 0.3) is 0 Å². The summed E-state index contributed by atoms with van der Waals surface area (Å²) in [6.45, 7) is 2.01. The van der Waals surface area contributed by atoms with Crippen LogP contribution in [0.5, 0.6) is 0 Å². The summed E-state index contributed by atoms with van der Waals surface area (Å²) in [5.74, 6) is -0.373. The number of imidazole rings is 1. The molecule has 19 heavy (non-hydrogen) atoms. The van der Waals surface area contributed by atoms with Crippen LogP contribution in [-0.4, -0.2) is 30.6 Å². The molecule has 0 atom stereocenters. The van der Waals surface area contributed by atoms with Crippen molar-refractivity contribution in [1.82, 2.24) is 19.5 Å². The van der Waals surface area contributed by atoms with Crippen LogP contribution in [0.25, 0.3) is 22.7 Å². The molecule has 3 rings (SSSR count). The number of carbonyl (C=O) groups is 1. The highest BCUT2D eigenvalue weighted by Gasteiger charge is 2.12. The summed E-state index contributed by atoms with van der Waals surface area (Å²) in [6, 6.07) is 5.15. The highest BCUT2D eigenvalue weighted by atomic mass is 16.4. The number of fused-ring (bicyclic) bond motifs is 1. The molecule has 3 heterocycles. The van der Waals surface area contributed by atoms with Crippen LogP contribution in [0.2, 0.25) is 0 Å². The molecule has 0 saturated heterocycles. The summed E-state index contributed by atoms with van der Waals surface area (Å²) >= 11 is 0. The van der Waals surface area contributed by atoms with Gasteiger partial charge in [-0.1, -0.05) is 0 Å². The van der Waals surface area contributed by atoms with E-state index in [9.17, 15) is 4.79 Å². The highest BCUT2D eigenvalue weighted by molar-refractivity contribution is 5.88. The van der Waals surface area contributed by atoms with E-state index in [1.54, 1.807) is 6.07 Å². The third-order valence-electron chi connectivity index (χ3n) is 2.95. The topological polar surface area (TPSA) is 83.8 Å². The number of aromatic carboxylic acids is 1. The number of hydrogen-bond donors (Lipinski definition) is 2. The van der Waals surface area contributed by atoms with Crippen LogP contribution < -0.4 is 0 Å². The minimum Gasteiger partial charge on any atom is -0.477 e. The minimum atomic E-state index is -1.05. The van der Waals surface area contributed by atoms with Crippen molar-refractivity contribution in [3.8, 4) is 11.5 Å². The van der Waals surface area contributed by atoms with E-state index in [1.807, 2.05) is 30.8 Å². The van der Waals surface area contributed by atoms with E-state index < -0.39 is 5.97 Å². The minimum absolute atomic E-state index is 0.00592. The number of aromatic nitrogens is 4. The third kappa shape index (κ3) is 1.87. The van der Waals surface area contributed by atoms with Crippen molar-refractivity contribution in [3.63, 3.8) is 0 Å². The predicted molar refractivity (Wildman–Crippen MR) is 70.0 cm³/mol. The average Bonchev–Trinajstić information content (AvgIpc) is 2.90. The molecule has 3 aromatic rings. The van der Waals surface area contributed by atoms with Crippen LogP contribution >= 0.6 is 0 Å². The van der Waals surface area contributed by atoms with Gasteiger partial charge in [-0.05, 0) is 30.7 Å². The number of pyridine rings is 1. The number of nitrogens with one attached hydrogen (secondary N) is 1. The maximum atomic E-state index is 10.9. The van der Waals surface area contributed by atoms with Crippen LogP contribution in [0.15, 0.2) is 24.4 Å². The van der Waals surface area contributed by atoms with Crippen molar-refractivity contribution in [2.75, 3.05) is 0 Å². The molecule has 2 N–H and O–H groups in total. The molecule has 0 spiro atoms. The zero-order chi connectivity index (χ0) is 13.6. The maximum absolute atomic E-state index is 10.9. The lowest BCUT2D eigenvalue weighted by atomic mass is 10.3. The van der Waals surface area contributed by atoms with E-state index in [1.165, 1.54) is 6.07 Å². The summed E-state index contributed by atoms with van der Waals surface area (Å²) in [5, 5.41) is 8.91. The first-order valence-corrected chi connectivity index (χ1v) is 5.78.